The van der Waals surface area contributed by atoms with Crippen molar-refractivity contribution in [1.29, 1.82) is 0 Å². The largest absolute Gasteiger partial charge is 0.468 e. The summed E-state index contributed by atoms with van der Waals surface area (Å²) < 4.78 is 33.3. The van der Waals surface area contributed by atoms with Gasteiger partial charge in [0.05, 0.1) is 6.04 Å². The fraction of sp³-hybridized carbons (Fsp3) is 0.273. The van der Waals surface area contributed by atoms with Crippen molar-refractivity contribution in [3.63, 3.8) is 0 Å². The van der Waals surface area contributed by atoms with E-state index in [4.69, 9.17) is 16.3 Å². The number of hydrogen-bond acceptors (Lipinski definition) is 4. The topological polar surface area (TPSA) is 59.4 Å². The highest BCUT2D eigenvalue weighted by Gasteiger charge is 2.18. The maximum Gasteiger partial charge on any atom is 0.272 e. The summed E-state index contributed by atoms with van der Waals surface area (Å²) >= 11 is 5.98. The summed E-state index contributed by atoms with van der Waals surface area (Å²) in [6.07, 6.45) is 2.25. The zero-order valence-electron chi connectivity index (χ0n) is 17.2. The Balaban J connectivity index is 1.65. The van der Waals surface area contributed by atoms with Crippen LogP contribution in [0.5, 0.6) is 5.75 Å². The first-order valence-electron chi connectivity index (χ1n) is 9.64. The van der Waals surface area contributed by atoms with Crippen molar-refractivity contribution in [3.05, 3.63) is 82.6 Å². The van der Waals surface area contributed by atoms with Crippen molar-refractivity contribution in [3.8, 4) is 5.75 Å². The Labute approximate surface area is 184 Å². The minimum absolute atomic E-state index is 0.102. The predicted molar refractivity (Wildman–Crippen MR) is 114 cm³/mol. The Morgan fingerprint density at radius 2 is 1.94 bits per heavy atom. The van der Waals surface area contributed by atoms with Gasteiger partial charge in [0.1, 0.15) is 11.5 Å². The number of nitrogens with one attached hydrogen (secondary N) is 1. The Bertz CT molecular complexity index is 1020. The van der Waals surface area contributed by atoms with Gasteiger partial charge in [0.15, 0.2) is 18.3 Å². The lowest BCUT2D eigenvalue weighted by Crippen LogP contribution is -2.31. The van der Waals surface area contributed by atoms with E-state index < -0.39 is 11.6 Å². The lowest BCUT2D eigenvalue weighted by molar-refractivity contribution is 0.0925. The van der Waals surface area contributed by atoms with Gasteiger partial charge in [-0.15, -0.1) is 0 Å². The van der Waals surface area contributed by atoms with Gasteiger partial charge < -0.3 is 15.0 Å². The molecule has 31 heavy (non-hydrogen) atoms. The first-order valence-corrected chi connectivity index (χ1v) is 10.0. The van der Waals surface area contributed by atoms with Crippen LogP contribution in [-0.2, 0) is 6.73 Å². The van der Waals surface area contributed by atoms with Crippen molar-refractivity contribution < 1.29 is 18.3 Å². The van der Waals surface area contributed by atoms with E-state index in [2.05, 4.69) is 10.4 Å². The average Bonchev–Trinajstić information content (AvgIpc) is 3.20. The lowest BCUT2D eigenvalue weighted by atomic mass is 10.0. The summed E-state index contributed by atoms with van der Waals surface area (Å²) in [5, 5.41) is 7.80. The number of halogens is 3. The second-order valence-corrected chi connectivity index (χ2v) is 7.69. The van der Waals surface area contributed by atoms with Crippen LogP contribution in [0.15, 0.2) is 54.7 Å². The first kappa shape index (κ1) is 22.7. The number of amides is 1. The highest BCUT2D eigenvalue weighted by molar-refractivity contribution is 6.30. The maximum absolute atomic E-state index is 13.7. The van der Waals surface area contributed by atoms with Gasteiger partial charge in [0.25, 0.3) is 5.91 Å². The first-order chi connectivity index (χ1) is 14.8. The normalized spacial score (nSPS) is 12.1. The molecule has 1 aromatic heterocycles. The molecule has 0 bridgehead atoms. The van der Waals surface area contributed by atoms with Crippen molar-refractivity contribution in [2.75, 3.05) is 20.6 Å². The summed E-state index contributed by atoms with van der Waals surface area (Å²) in [5.74, 6) is -1.94. The predicted octanol–water partition coefficient (Wildman–Crippen LogP) is 4.27. The molecule has 0 aliphatic carbocycles. The molecule has 3 rings (SSSR count). The van der Waals surface area contributed by atoms with Crippen molar-refractivity contribution in [2.45, 2.75) is 19.2 Å². The van der Waals surface area contributed by atoms with Crippen LogP contribution in [0.2, 0.25) is 5.02 Å². The molecule has 1 heterocycles. The van der Waals surface area contributed by atoms with E-state index in [0.29, 0.717) is 11.4 Å². The van der Waals surface area contributed by atoms with Crippen LogP contribution in [0.1, 0.15) is 28.5 Å². The summed E-state index contributed by atoms with van der Waals surface area (Å²) in [5.41, 5.74) is 1.14. The molecule has 9 heteroatoms. The smallest absolute Gasteiger partial charge is 0.272 e. The number of hydrogen-bond donors (Lipinski definition) is 1. The number of ether oxygens (including phenoxy) is 1. The fourth-order valence-electron chi connectivity index (χ4n) is 2.92. The monoisotopic (exact) mass is 448 g/mol. The van der Waals surface area contributed by atoms with Crippen LogP contribution in [0, 0.1) is 11.6 Å². The minimum atomic E-state index is -0.808. The number of carbonyl (C=O) groups excluding carboxylic acids is 1. The van der Waals surface area contributed by atoms with Crippen LogP contribution >= 0.6 is 11.6 Å². The van der Waals surface area contributed by atoms with Crippen molar-refractivity contribution in [1.82, 2.24) is 20.0 Å². The zero-order chi connectivity index (χ0) is 22.4. The number of rotatable bonds is 9. The lowest BCUT2D eigenvalue weighted by Gasteiger charge is -2.21. The van der Waals surface area contributed by atoms with E-state index in [1.165, 1.54) is 10.7 Å². The van der Waals surface area contributed by atoms with Crippen LogP contribution in [-0.4, -0.2) is 41.2 Å². The molecule has 6 nitrogen and oxygen atoms in total. The van der Waals surface area contributed by atoms with E-state index in [1.807, 2.05) is 31.1 Å². The molecule has 1 N–H and O–H groups in total. The molecule has 2 aromatic carbocycles. The molecule has 3 aromatic rings. The standard InChI is InChI=1S/C22H23ClF2N4O2/c1-28(2)11-9-19(15-3-5-16(23)6-4-15)26-22(30)20-10-12-29(27-20)14-31-21-8-7-17(24)13-18(21)25/h3-8,10,12-13,19H,9,11,14H2,1-2H3,(H,26,30). The van der Waals surface area contributed by atoms with Gasteiger partial charge in [-0.05, 0) is 63.0 Å². The molecule has 0 fully saturated rings. The molecular formula is C22H23ClF2N4O2. The van der Waals surface area contributed by atoms with E-state index in [1.54, 1.807) is 24.4 Å². The Morgan fingerprint density at radius 3 is 2.61 bits per heavy atom. The van der Waals surface area contributed by atoms with Gasteiger partial charge in [-0.3, -0.25) is 4.79 Å². The fourth-order valence-corrected chi connectivity index (χ4v) is 3.05. The third-order valence-corrected chi connectivity index (χ3v) is 4.81. The minimum Gasteiger partial charge on any atom is -0.468 e. The molecule has 0 aliphatic heterocycles. The van der Waals surface area contributed by atoms with Gasteiger partial charge in [-0.25, -0.2) is 13.5 Å². The third-order valence-electron chi connectivity index (χ3n) is 4.56. The molecule has 1 atom stereocenters. The third kappa shape index (κ3) is 6.50. The Hall–Kier alpha value is -2.97. The van der Waals surface area contributed by atoms with E-state index in [-0.39, 0.29) is 30.1 Å². The molecule has 1 unspecified atom stereocenters. The molecule has 0 radical (unpaired) electrons. The summed E-state index contributed by atoms with van der Waals surface area (Å²) in [6, 6.07) is 11.7. The van der Waals surface area contributed by atoms with Gasteiger partial charge in [-0.2, -0.15) is 5.10 Å². The SMILES string of the molecule is CN(C)CCC(NC(=O)c1ccn(COc2ccc(F)cc2F)n1)c1ccc(Cl)cc1. The van der Waals surface area contributed by atoms with E-state index >= 15 is 0 Å². The van der Waals surface area contributed by atoms with Crippen LogP contribution in [0.4, 0.5) is 8.78 Å². The van der Waals surface area contributed by atoms with Crippen molar-refractivity contribution in [2.24, 2.45) is 0 Å². The number of benzene rings is 2. The van der Waals surface area contributed by atoms with Gasteiger partial charge in [0, 0.05) is 17.3 Å². The molecule has 0 spiro atoms. The molecule has 0 aliphatic rings. The number of nitrogens with zero attached hydrogens (tertiary/aromatic N) is 3. The van der Waals surface area contributed by atoms with Crippen molar-refractivity contribution >= 4 is 17.5 Å². The van der Waals surface area contributed by atoms with Crippen LogP contribution < -0.4 is 10.1 Å². The quantitative estimate of drug-likeness (QED) is 0.531. The zero-order valence-corrected chi connectivity index (χ0v) is 17.9. The van der Waals surface area contributed by atoms with Gasteiger partial charge in [0.2, 0.25) is 0 Å². The van der Waals surface area contributed by atoms with E-state index in [9.17, 15) is 13.6 Å². The summed E-state index contributed by atoms with van der Waals surface area (Å²) in [6.45, 7) is 0.649. The van der Waals surface area contributed by atoms with E-state index in [0.717, 1.165) is 24.2 Å². The average molecular weight is 449 g/mol. The van der Waals surface area contributed by atoms with Gasteiger partial charge in [-0.1, -0.05) is 23.7 Å². The Morgan fingerprint density at radius 1 is 1.19 bits per heavy atom. The highest BCUT2D eigenvalue weighted by atomic mass is 35.5. The maximum atomic E-state index is 13.7. The second-order valence-electron chi connectivity index (χ2n) is 7.26. The molecule has 164 valence electrons. The molecular weight excluding hydrogens is 426 g/mol. The number of aromatic nitrogens is 2. The highest BCUT2D eigenvalue weighted by Crippen LogP contribution is 2.21. The summed E-state index contributed by atoms with van der Waals surface area (Å²) in [7, 11) is 3.93. The molecule has 0 saturated heterocycles. The molecule has 0 saturated carbocycles. The summed E-state index contributed by atoms with van der Waals surface area (Å²) in [4.78, 5) is 14.8. The van der Waals surface area contributed by atoms with Gasteiger partial charge >= 0.3 is 0 Å². The van der Waals surface area contributed by atoms with Crippen LogP contribution in [0.3, 0.4) is 0 Å². The number of carbonyl (C=O) groups is 1. The van der Waals surface area contributed by atoms with Crippen LogP contribution in [0.25, 0.3) is 0 Å². The second kappa shape index (κ2) is 10.4. The Kier molecular flexibility index (Phi) is 7.59. The molecule has 1 amide bonds.